The lowest BCUT2D eigenvalue weighted by molar-refractivity contribution is 0.0619. The highest BCUT2D eigenvalue weighted by molar-refractivity contribution is 5.92. The van der Waals surface area contributed by atoms with Crippen LogP contribution in [0.4, 0.5) is 0 Å². The fourth-order valence-corrected chi connectivity index (χ4v) is 3.07. The number of benzene rings is 1. The topological polar surface area (TPSA) is 37.7 Å². The molecule has 5 nitrogen and oxygen atoms in total. The molecular formula is C19H25N3O2. The molecule has 1 aliphatic rings. The minimum atomic E-state index is 0.128. The van der Waals surface area contributed by atoms with E-state index in [2.05, 4.69) is 17.0 Å². The summed E-state index contributed by atoms with van der Waals surface area (Å²) in [6, 6.07) is 12.1. The zero-order valence-corrected chi connectivity index (χ0v) is 14.4. The molecule has 0 unspecified atom stereocenters. The Kier molecular flexibility index (Phi) is 5.20. The maximum Gasteiger partial charge on any atom is 0.270 e. The lowest BCUT2D eigenvalue weighted by Crippen LogP contribution is -2.48. The van der Waals surface area contributed by atoms with Crippen LogP contribution in [-0.2, 0) is 13.6 Å². The quantitative estimate of drug-likeness (QED) is 0.846. The second kappa shape index (κ2) is 7.53. The van der Waals surface area contributed by atoms with Gasteiger partial charge < -0.3 is 14.2 Å². The van der Waals surface area contributed by atoms with Crippen molar-refractivity contribution < 1.29 is 9.53 Å². The summed E-state index contributed by atoms with van der Waals surface area (Å²) >= 11 is 0. The van der Waals surface area contributed by atoms with E-state index in [-0.39, 0.29) is 5.91 Å². The monoisotopic (exact) mass is 327 g/mol. The van der Waals surface area contributed by atoms with Gasteiger partial charge in [-0.05, 0) is 36.8 Å². The van der Waals surface area contributed by atoms with Gasteiger partial charge in [0.05, 0.1) is 6.61 Å². The van der Waals surface area contributed by atoms with E-state index in [1.807, 2.05) is 53.9 Å². The third-order valence-corrected chi connectivity index (χ3v) is 4.46. The van der Waals surface area contributed by atoms with Gasteiger partial charge in [0.15, 0.2) is 0 Å². The molecule has 1 amide bonds. The van der Waals surface area contributed by atoms with E-state index in [0.717, 1.165) is 44.2 Å². The summed E-state index contributed by atoms with van der Waals surface area (Å²) in [4.78, 5) is 16.9. The zero-order chi connectivity index (χ0) is 16.9. The van der Waals surface area contributed by atoms with Crippen molar-refractivity contribution in [1.82, 2.24) is 14.4 Å². The first kappa shape index (κ1) is 16.6. The zero-order valence-electron chi connectivity index (χ0n) is 14.4. The Morgan fingerprint density at radius 1 is 1.08 bits per heavy atom. The first-order valence-corrected chi connectivity index (χ1v) is 8.52. The fraction of sp³-hybridized carbons (Fsp3) is 0.421. The number of aryl methyl sites for hydroxylation is 1. The van der Waals surface area contributed by atoms with Crippen LogP contribution in [0.2, 0.25) is 0 Å². The molecular weight excluding hydrogens is 302 g/mol. The molecule has 1 saturated heterocycles. The van der Waals surface area contributed by atoms with Crippen LogP contribution >= 0.6 is 0 Å². The molecule has 0 spiro atoms. The molecule has 5 heteroatoms. The van der Waals surface area contributed by atoms with Crippen LogP contribution in [-0.4, -0.2) is 53.1 Å². The first-order valence-electron chi connectivity index (χ1n) is 8.52. The third kappa shape index (κ3) is 3.79. The lowest BCUT2D eigenvalue weighted by Gasteiger charge is -2.34. The average molecular weight is 327 g/mol. The number of piperazine rings is 1. The van der Waals surface area contributed by atoms with E-state index in [4.69, 9.17) is 4.74 Å². The highest BCUT2D eigenvalue weighted by Gasteiger charge is 2.23. The van der Waals surface area contributed by atoms with Crippen LogP contribution in [0.1, 0.15) is 23.0 Å². The highest BCUT2D eigenvalue weighted by atomic mass is 16.5. The largest absolute Gasteiger partial charge is 0.494 e. The van der Waals surface area contributed by atoms with Crippen molar-refractivity contribution in [3.8, 4) is 5.75 Å². The van der Waals surface area contributed by atoms with Gasteiger partial charge in [0.2, 0.25) is 0 Å². The van der Waals surface area contributed by atoms with Crippen molar-refractivity contribution >= 4 is 5.91 Å². The molecule has 0 bridgehead atoms. The molecule has 24 heavy (non-hydrogen) atoms. The van der Waals surface area contributed by atoms with E-state index >= 15 is 0 Å². The van der Waals surface area contributed by atoms with Gasteiger partial charge in [0, 0.05) is 46.0 Å². The predicted molar refractivity (Wildman–Crippen MR) is 94.2 cm³/mol. The van der Waals surface area contributed by atoms with Crippen LogP contribution in [0, 0.1) is 0 Å². The number of hydrogen-bond donors (Lipinski definition) is 0. The summed E-state index contributed by atoms with van der Waals surface area (Å²) in [6.45, 7) is 6.97. The molecule has 1 aromatic carbocycles. The number of amides is 1. The standard InChI is InChI=1S/C19H25N3O2/c1-3-24-17-8-6-16(7-9-17)15-21-11-13-22(14-12-21)19(23)18-5-4-10-20(18)2/h4-10H,3,11-15H2,1-2H3. The number of ether oxygens (including phenoxy) is 1. The van der Waals surface area contributed by atoms with Gasteiger partial charge in [-0.2, -0.15) is 0 Å². The van der Waals surface area contributed by atoms with E-state index in [9.17, 15) is 4.79 Å². The van der Waals surface area contributed by atoms with Crippen LogP contribution in [0.5, 0.6) is 5.75 Å². The normalized spacial score (nSPS) is 15.5. The SMILES string of the molecule is CCOc1ccc(CN2CCN(C(=O)c3cccn3C)CC2)cc1. The average Bonchev–Trinajstić information content (AvgIpc) is 3.03. The number of carbonyl (C=O) groups is 1. The number of aromatic nitrogens is 1. The first-order chi connectivity index (χ1) is 11.7. The van der Waals surface area contributed by atoms with Gasteiger partial charge in [0.1, 0.15) is 11.4 Å². The Balaban J connectivity index is 1.51. The molecule has 0 radical (unpaired) electrons. The van der Waals surface area contributed by atoms with Crippen molar-refractivity contribution in [2.45, 2.75) is 13.5 Å². The van der Waals surface area contributed by atoms with Crippen molar-refractivity contribution in [2.75, 3.05) is 32.8 Å². The second-order valence-electron chi connectivity index (χ2n) is 6.15. The highest BCUT2D eigenvalue weighted by Crippen LogP contribution is 2.15. The number of nitrogens with zero attached hydrogens (tertiary/aromatic N) is 3. The summed E-state index contributed by atoms with van der Waals surface area (Å²) < 4.78 is 7.36. The Hall–Kier alpha value is -2.27. The predicted octanol–water partition coefficient (Wildman–Crippen LogP) is 2.38. The molecule has 3 rings (SSSR count). The minimum absolute atomic E-state index is 0.128. The Morgan fingerprint density at radius 3 is 2.38 bits per heavy atom. The van der Waals surface area contributed by atoms with Gasteiger partial charge in [0.25, 0.3) is 5.91 Å². The molecule has 0 atom stereocenters. The van der Waals surface area contributed by atoms with Gasteiger partial charge in [-0.3, -0.25) is 9.69 Å². The van der Waals surface area contributed by atoms with Gasteiger partial charge in [-0.25, -0.2) is 0 Å². The fourth-order valence-electron chi connectivity index (χ4n) is 3.07. The van der Waals surface area contributed by atoms with Crippen LogP contribution in [0.15, 0.2) is 42.6 Å². The summed E-state index contributed by atoms with van der Waals surface area (Å²) in [5.74, 6) is 1.04. The second-order valence-corrected chi connectivity index (χ2v) is 6.15. The van der Waals surface area contributed by atoms with E-state index in [1.54, 1.807) is 0 Å². The minimum Gasteiger partial charge on any atom is -0.494 e. The maximum atomic E-state index is 12.5. The molecule has 2 heterocycles. The molecule has 0 saturated carbocycles. The van der Waals surface area contributed by atoms with Crippen LogP contribution < -0.4 is 4.74 Å². The van der Waals surface area contributed by atoms with Gasteiger partial charge >= 0.3 is 0 Å². The molecule has 0 aliphatic carbocycles. The van der Waals surface area contributed by atoms with Gasteiger partial charge in [-0.15, -0.1) is 0 Å². The maximum absolute atomic E-state index is 12.5. The molecule has 0 N–H and O–H groups in total. The number of carbonyl (C=O) groups excluding carboxylic acids is 1. The Morgan fingerprint density at radius 2 is 1.79 bits per heavy atom. The van der Waals surface area contributed by atoms with Crippen molar-refractivity contribution in [2.24, 2.45) is 7.05 Å². The molecule has 1 aliphatic heterocycles. The lowest BCUT2D eigenvalue weighted by atomic mass is 10.2. The molecule has 2 aromatic rings. The Bertz CT molecular complexity index is 670. The summed E-state index contributed by atoms with van der Waals surface area (Å²) in [5.41, 5.74) is 2.04. The van der Waals surface area contributed by atoms with Crippen molar-refractivity contribution in [3.05, 3.63) is 53.9 Å². The van der Waals surface area contributed by atoms with Gasteiger partial charge in [-0.1, -0.05) is 12.1 Å². The Labute approximate surface area is 143 Å². The van der Waals surface area contributed by atoms with Crippen molar-refractivity contribution in [3.63, 3.8) is 0 Å². The van der Waals surface area contributed by atoms with Crippen LogP contribution in [0.25, 0.3) is 0 Å². The van der Waals surface area contributed by atoms with E-state index < -0.39 is 0 Å². The third-order valence-electron chi connectivity index (χ3n) is 4.46. The smallest absolute Gasteiger partial charge is 0.270 e. The molecule has 128 valence electrons. The van der Waals surface area contributed by atoms with Crippen molar-refractivity contribution in [1.29, 1.82) is 0 Å². The summed E-state index contributed by atoms with van der Waals surface area (Å²) in [6.07, 6.45) is 1.91. The van der Waals surface area contributed by atoms with E-state index in [1.165, 1.54) is 5.56 Å². The number of hydrogen-bond acceptors (Lipinski definition) is 3. The summed E-state index contributed by atoms with van der Waals surface area (Å²) in [7, 11) is 1.91. The molecule has 1 fully saturated rings. The summed E-state index contributed by atoms with van der Waals surface area (Å²) in [5, 5.41) is 0. The molecule has 1 aromatic heterocycles. The van der Waals surface area contributed by atoms with E-state index in [0.29, 0.717) is 6.61 Å². The van der Waals surface area contributed by atoms with Crippen LogP contribution in [0.3, 0.4) is 0 Å². The number of rotatable bonds is 5.